The standard InChI is InChI=1S/C18H18ClFN4O3S/c1-27-15-3-2-12(19)11(17(15)20)6-16(25)24-5-4-10-7-23(8-14(10)24)18(26)13-9-28-22-21-13/h2-3,9-10,14H,4-8H2,1H3/t10-,14+/m0/s1. The molecule has 3 heterocycles. The molecule has 2 amide bonds. The van der Waals surface area contributed by atoms with Crippen LogP contribution in [0.3, 0.4) is 0 Å². The summed E-state index contributed by atoms with van der Waals surface area (Å²) in [4.78, 5) is 28.9. The number of amides is 2. The molecule has 2 aliphatic rings. The Morgan fingerprint density at radius 2 is 2.21 bits per heavy atom. The minimum atomic E-state index is -0.613. The highest BCUT2D eigenvalue weighted by Gasteiger charge is 2.45. The first kappa shape index (κ1) is 19.1. The predicted molar refractivity (Wildman–Crippen MR) is 101 cm³/mol. The second kappa shape index (κ2) is 7.63. The van der Waals surface area contributed by atoms with Crippen LogP contribution in [0.2, 0.25) is 5.02 Å². The molecule has 0 unspecified atom stereocenters. The molecule has 7 nitrogen and oxygen atoms in total. The van der Waals surface area contributed by atoms with Crippen molar-refractivity contribution in [1.82, 2.24) is 19.4 Å². The Balaban J connectivity index is 1.47. The lowest BCUT2D eigenvalue weighted by molar-refractivity contribution is -0.131. The average Bonchev–Trinajstić information content (AvgIpc) is 3.41. The Morgan fingerprint density at radius 1 is 1.39 bits per heavy atom. The molecule has 2 aromatic rings. The van der Waals surface area contributed by atoms with Crippen molar-refractivity contribution in [3.8, 4) is 5.75 Å². The first-order valence-corrected chi connectivity index (χ1v) is 10.1. The summed E-state index contributed by atoms with van der Waals surface area (Å²) < 4.78 is 23.2. The second-order valence-corrected chi connectivity index (χ2v) is 7.94. The lowest BCUT2D eigenvalue weighted by Gasteiger charge is -2.25. The molecule has 0 saturated carbocycles. The van der Waals surface area contributed by atoms with Gasteiger partial charge in [0.25, 0.3) is 5.91 Å². The number of methoxy groups -OCH3 is 1. The van der Waals surface area contributed by atoms with Crippen molar-refractivity contribution in [2.75, 3.05) is 26.7 Å². The maximum absolute atomic E-state index is 14.5. The third-order valence-electron chi connectivity index (χ3n) is 5.43. The molecule has 2 saturated heterocycles. The van der Waals surface area contributed by atoms with E-state index in [1.807, 2.05) is 0 Å². The molecular weight excluding hydrogens is 407 g/mol. The van der Waals surface area contributed by atoms with E-state index in [1.165, 1.54) is 19.2 Å². The molecule has 0 spiro atoms. The van der Waals surface area contributed by atoms with Gasteiger partial charge in [-0.15, -0.1) is 5.10 Å². The number of fused-ring (bicyclic) bond motifs is 1. The van der Waals surface area contributed by atoms with E-state index in [0.29, 0.717) is 25.3 Å². The summed E-state index contributed by atoms with van der Waals surface area (Å²) in [6, 6.07) is 2.89. The number of rotatable bonds is 4. The van der Waals surface area contributed by atoms with Gasteiger partial charge < -0.3 is 14.5 Å². The van der Waals surface area contributed by atoms with Crippen molar-refractivity contribution in [1.29, 1.82) is 0 Å². The molecule has 10 heteroatoms. The number of hydrogen-bond acceptors (Lipinski definition) is 6. The molecule has 2 atom stereocenters. The number of carbonyl (C=O) groups is 2. The SMILES string of the molecule is COc1ccc(Cl)c(CC(=O)N2CC[C@H]3CN(C(=O)c4csnn4)C[C@H]32)c1F. The van der Waals surface area contributed by atoms with Crippen molar-refractivity contribution in [2.45, 2.75) is 18.9 Å². The molecule has 148 valence electrons. The number of ether oxygens (including phenoxy) is 1. The Labute approximate surface area is 170 Å². The maximum Gasteiger partial charge on any atom is 0.275 e. The second-order valence-electron chi connectivity index (χ2n) is 6.92. The summed E-state index contributed by atoms with van der Waals surface area (Å²) in [5.74, 6) is -0.715. The number of carbonyl (C=O) groups excluding carboxylic acids is 2. The van der Waals surface area contributed by atoms with Gasteiger partial charge in [0.1, 0.15) is 0 Å². The van der Waals surface area contributed by atoms with E-state index in [0.717, 1.165) is 18.0 Å². The van der Waals surface area contributed by atoms with Gasteiger partial charge in [-0.25, -0.2) is 4.39 Å². The quantitative estimate of drug-likeness (QED) is 0.752. The van der Waals surface area contributed by atoms with E-state index in [4.69, 9.17) is 16.3 Å². The molecular formula is C18H18ClFN4O3S. The first-order valence-electron chi connectivity index (χ1n) is 8.86. The number of nitrogens with zero attached hydrogens (tertiary/aromatic N) is 4. The van der Waals surface area contributed by atoms with E-state index < -0.39 is 5.82 Å². The normalized spacial score (nSPS) is 21.1. The zero-order valence-electron chi connectivity index (χ0n) is 15.1. The summed E-state index contributed by atoms with van der Waals surface area (Å²) in [5.41, 5.74) is 0.460. The van der Waals surface area contributed by atoms with Crippen LogP contribution in [0.25, 0.3) is 0 Å². The van der Waals surface area contributed by atoms with Gasteiger partial charge in [0.15, 0.2) is 17.3 Å². The Morgan fingerprint density at radius 3 is 2.93 bits per heavy atom. The van der Waals surface area contributed by atoms with Crippen molar-refractivity contribution in [3.63, 3.8) is 0 Å². The largest absolute Gasteiger partial charge is 0.494 e. The van der Waals surface area contributed by atoms with Crippen molar-refractivity contribution < 1.29 is 18.7 Å². The Bertz CT molecular complexity index is 910. The van der Waals surface area contributed by atoms with Gasteiger partial charge in [0.05, 0.1) is 19.6 Å². The van der Waals surface area contributed by atoms with Crippen molar-refractivity contribution in [2.24, 2.45) is 5.92 Å². The monoisotopic (exact) mass is 424 g/mol. The van der Waals surface area contributed by atoms with Crippen LogP contribution in [0, 0.1) is 11.7 Å². The number of hydrogen-bond donors (Lipinski definition) is 0. The fourth-order valence-corrected chi connectivity index (χ4v) is 4.65. The zero-order valence-corrected chi connectivity index (χ0v) is 16.7. The van der Waals surface area contributed by atoms with Crippen LogP contribution in [0.1, 0.15) is 22.5 Å². The lowest BCUT2D eigenvalue weighted by atomic mass is 10.0. The highest BCUT2D eigenvalue weighted by Crippen LogP contribution is 2.34. The summed E-state index contributed by atoms with van der Waals surface area (Å²) in [5, 5.41) is 5.64. The van der Waals surface area contributed by atoms with Crippen LogP contribution in [0.5, 0.6) is 5.75 Å². The molecule has 28 heavy (non-hydrogen) atoms. The molecule has 1 aromatic carbocycles. The van der Waals surface area contributed by atoms with E-state index in [1.54, 1.807) is 15.2 Å². The summed E-state index contributed by atoms with van der Waals surface area (Å²) in [6.45, 7) is 1.62. The van der Waals surface area contributed by atoms with Gasteiger partial charge >= 0.3 is 0 Å². The fourth-order valence-electron chi connectivity index (χ4n) is 4.01. The van der Waals surface area contributed by atoms with Gasteiger partial charge in [-0.3, -0.25) is 9.59 Å². The maximum atomic E-state index is 14.5. The summed E-state index contributed by atoms with van der Waals surface area (Å²) in [6.07, 6.45) is 0.666. The van der Waals surface area contributed by atoms with Crippen molar-refractivity contribution in [3.05, 3.63) is 39.6 Å². The third-order valence-corrected chi connectivity index (χ3v) is 6.29. The number of aromatic nitrogens is 2. The van der Waals surface area contributed by atoms with E-state index in [-0.39, 0.29) is 46.5 Å². The molecule has 0 aliphatic carbocycles. The van der Waals surface area contributed by atoms with Gasteiger partial charge in [-0.05, 0) is 30.1 Å². The Kier molecular flexibility index (Phi) is 5.20. The van der Waals surface area contributed by atoms with Crippen LogP contribution in [0.15, 0.2) is 17.5 Å². The zero-order chi connectivity index (χ0) is 19.8. The van der Waals surface area contributed by atoms with Gasteiger partial charge in [0.2, 0.25) is 5.91 Å². The fraction of sp³-hybridized carbons (Fsp3) is 0.444. The van der Waals surface area contributed by atoms with E-state index >= 15 is 0 Å². The highest BCUT2D eigenvalue weighted by molar-refractivity contribution is 7.03. The Hall–Kier alpha value is -2.26. The summed E-state index contributed by atoms with van der Waals surface area (Å²) in [7, 11) is 1.37. The van der Waals surface area contributed by atoms with Gasteiger partial charge in [-0.2, -0.15) is 0 Å². The highest BCUT2D eigenvalue weighted by atomic mass is 35.5. The third kappa shape index (κ3) is 3.33. The number of likely N-dealkylation sites (tertiary alicyclic amines) is 2. The van der Waals surface area contributed by atoms with Crippen LogP contribution in [-0.4, -0.2) is 64.0 Å². The minimum Gasteiger partial charge on any atom is -0.494 e. The smallest absolute Gasteiger partial charge is 0.275 e. The van der Waals surface area contributed by atoms with E-state index in [9.17, 15) is 14.0 Å². The molecule has 0 N–H and O–H groups in total. The van der Waals surface area contributed by atoms with Crippen molar-refractivity contribution >= 4 is 34.9 Å². The van der Waals surface area contributed by atoms with Crippen LogP contribution in [0.4, 0.5) is 4.39 Å². The molecule has 2 fully saturated rings. The minimum absolute atomic E-state index is 0.0565. The summed E-state index contributed by atoms with van der Waals surface area (Å²) >= 11 is 7.24. The van der Waals surface area contributed by atoms with Crippen LogP contribution >= 0.6 is 23.1 Å². The lowest BCUT2D eigenvalue weighted by Crippen LogP contribution is -2.41. The number of halogens is 2. The predicted octanol–water partition coefficient (Wildman–Crippen LogP) is 2.25. The molecule has 1 aromatic heterocycles. The van der Waals surface area contributed by atoms with Crippen LogP contribution in [-0.2, 0) is 11.2 Å². The molecule has 0 bridgehead atoms. The molecule has 0 radical (unpaired) electrons. The molecule has 2 aliphatic heterocycles. The van der Waals surface area contributed by atoms with Crippen LogP contribution < -0.4 is 4.74 Å². The van der Waals surface area contributed by atoms with E-state index in [2.05, 4.69) is 9.59 Å². The molecule has 4 rings (SSSR count). The number of benzene rings is 1. The average molecular weight is 425 g/mol. The van der Waals surface area contributed by atoms with Gasteiger partial charge in [-0.1, -0.05) is 16.1 Å². The van der Waals surface area contributed by atoms with Gasteiger partial charge in [0, 0.05) is 41.5 Å². The first-order chi connectivity index (χ1) is 13.5. The topological polar surface area (TPSA) is 75.6 Å².